The molecule has 2 saturated heterocycles. The summed E-state index contributed by atoms with van der Waals surface area (Å²) in [7, 11) is 0. The maximum atomic E-state index is 9.74. The van der Waals surface area contributed by atoms with Crippen molar-refractivity contribution >= 4 is 0 Å². The van der Waals surface area contributed by atoms with Crippen LogP contribution in [0.2, 0.25) is 0 Å². The molecule has 0 saturated carbocycles. The molecule has 4 nitrogen and oxygen atoms in total. The van der Waals surface area contributed by atoms with Gasteiger partial charge in [-0.1, -0.05) is 6.92 Å². The Morgan fingerprint density at radius 2 is 2.35 bits per heavy atom. The van der Waals surface area contributed by atoms with Crippen LogP contribution in [0.3, 0.4) is 0 Å². The summed E-state index contributed by atoms with van der Waals surface area (Å²) in [4.78, 5) is 2.51. The van der Waals surface area contributed by atoms with Gasteiger partial charge in [0.25, 0.3) is 0 Å². The molecule has 0 aromatic carbocycles. The minimum Gasteiger partial charge on any atom is -0.393 e. The Labute approximate surface area is 104 Å². The largest absolute Gasteiger partial charge is 0.393 e. The van der Waals surface area contributed by atoms with Gasteiger partial charge in [0.15, 0.2) is 0 Å². The summed E-state index contributed by atoms with van der Waals surface area (Å²) in [6.07, 6.45) is 1.96. The maximum absolute atomic E-state index is 9.74. The van der Waals surface area contributed by atoms with Crippen LogP contribution in [0.1, 0.15) is 26.7 Å². The van der Waals surface area contributed by atoms with Crippen LogP contribution < -0.4 is 5.32 Å². The molecule has 0 bridgehead atoms. The summed E-state index contributed by atoms with van der Waals surface area (Å²) in [6.45, 7) is 9.16. The third-order valence-corrected chi connectivity index (χ3v) is 4.14. The van der Waals surface area contributed by atoms with E-state index in [1.165, 1.54) is 0 Å². The van der Waals surface area contributed by atoms with Crippen molar-refractivity contribution in [2.45, 2.75) is 44.9 Å². The zero-order valence-electron chi connectivity index (χ0n) is 11.1. The number of hydrogen-bond donors (Lipinski definition) is 2. The van der Waals surface area contributed by atoms with Crippen molar-refractivity contribution in [1.29, 1.82) is 0 Å². The van der Waals surface area contributed by atoms with Crippen molar-refractivity contribution in [2.75, 3.05) is 32.8 Å². The molecule has 2 fully saturated rings. The van der Waals surface area contributed by atoms with Gasteiger partial charge in [-0.2, -0.15) is 0 Å². The number of nitrogens with zero attached hydrogens (tertiary/aromatic N) is 1. The molecule has 0 aromatic heterocycles. The van der Waals surface area contributed by atoms with E-state index in [2.05, 4.69) is 24.1 Å². The highest BCUT2D eigenvalue weighted by Gasteiger charge is 2.28. The zero-order chi connectivity index (χ0) is 12.3. The minimum atomic E-state index is -0.102. The van der Waals surface area contributed by atoms with Gasteiger partial charge in [0.05, 0.1) is 19.3 Å². The lowest BCUT2D eigenvalue weighted by molar-refractivity contribution is 0.00994. The molecule has 2 N–H and O–H groups in total. The number of nitrogens with one attached hydrogen (secondary N) is 1. The summed E-state index contributed by atoms with van der Waals surface area (Å²) in [5, 5.41) is 13.2. The van der Waals surface area contributed by atoms with Crippen LogP contribution in [0.5, 0.6) is 0 Å². The second-order valence-corrected chi connectivity index (χ2v) is 5.64. The number of piperidine rings is 1. The first-order valence-corrected chi connectivity index (χ1v) is 6.90. The number of rotatable bonds is 3. The zero-order valence-corrected chi connectivity index (χ0v) is 11.1. The van der Waals surface area contributed by atoms with Gasteiger partial charge in [-0.05, 0) is 25.7 Å². The number of aliphatic hydroxyl groups excluding tert-OH is 1. The van der Waals surface area contributed by atoms with Crippen molar-refractivity contribution in [3.05, 3.63) is 0 Å². The lowest BCUT2D eigenvalue weighted by Crippen LogP contribution is -2.50. The highest BCUT2D eigenvalue weighted by Crippen LogP contribution is 2.20. The van der Waals surface area contributed by atoms with Crippen LogP contribution in [0.4, 0.5) is 0 Å². The maximum Gasteiger partial charge on any atom is 0.0620 e. The van der Waals surface area contributed by atoms with Gasteiger partial charge in [-0.15, -0.1) is 0 Å². The summed E-state index contributed by atoms with van der Waals surface area (Å²) < 4.78 is 5.49. The third kappa shape index (κ3) is 3.65. The number of ether oxygens (including phenoxy) is 1. The lowest BCUT2D eigenvalue weighted by Gasteiger charge is -2.39. The van der Waals surface area contributed by atoms with E-state index in [-0.39, 0.29) is 6.10 Å². The van der Waals surface area contributed by atoms with Gasteiger partial charge in [0, 0.05) is 31.7 Å². The molecule has 0 radical (unpaired) electrons. The average molecular weight is 242 g/mol. The van der Waals surface area contributed by atoms with Crippen LogP contribution >= 0.6 is 0 Å². The highest BCUT2D eigenvalue weighted by molar-refractivity contribution is 4.83. The van der Waals surface area contributed by atoms with Crippen LogP contribution in [0.15, 0.2) is 0 Å². The molecule has 4 heteroatoms. The van der Waals surface area contributed by atoms with Crippen molar-refractivity contribution in [3.8, 4) is 0 Å². The van der Waals surface area contributed by atoms with Gasteiger partial charge in [0.1, 0.15) is 0 Å². The van der Waals surface area contributed by atoms with E-state index < -0.39 is 0 Å². The fourth-order valence-corrected chi connectivity index (χ4v) is 2.90. The first-order chi connectivity index (χ1) is 8.16. The van der Waals surface area contributed by atoms with Gasteiger partial charge >= 0.3 is 0 Å². The standard InChI is InChI=1S/C13H26N2O2/c1-10-8-15(5-3-13(10)16)11(2)7-12-9-17-6-4-14-12/h10-14,16H,3-9H2,1-2H3. The molecule has 0 amide bonds. The number of morpholine rings is 1. The molecule has 2 aliphatic rings. The Balaban J connectivity index is 1.77. The van der Waals surface area contributed by atoms with E-state index in [0.717, 1.165) is 45.7 Å². The second-order valence-electron chi connectivity index (χ2n) is 5.64. The SMILES string of the molecule is CC1CN(C(C)CC2COCCN2)CCC1O. The first-order valence-electron chi connectivity index (χ1n) is 6.90. The molecular formula is C13H26N2O2. The predicted octanol–water partition coefficient (Wildman–Crippen LogP) is 0.456. The molecular weight excluding hydrogens is 216 g/mol. The Morgan fingerprint density at radius 1 is 1.53 bits per heavy atom. The van der Waals surface area contributed by atoms with E-state index in [0.29, 0.717) is 18.0 Å². The monoisotopic (exact) mass is 242 g/mol. The minimum absolute atomic E-state index is 0.102. The molecule has 0 aliphatic carbocycles. The van der Waals surface area contributed by atoms with Crippen molar-refractivity contribution < 1.29 is 9.84 Å². The fourth-order valence-electron chi connectivity index (χ4n) is 2.90. The number of likely N-dealkylation sites (tertiary alicyclic amines) is 1. The first kappa shape index (κ1) is 13.3. The normalized spacial score (nSPS) is 37.9. The molecule has 0 spiro atoms. The van der Waals surface area contributed by atoms with Crippen LogP contribution in [0.25, 0.3) is 0 Å². The van der Waals surface area contributed by atoms with Crippen molar-refractivity contribution in [1.82, 2.24) is 10.2 Å². The van der Waals surface area contributed by atoms with Gasteiger partial charge in [0.2, 0.25) is 0 Å². The molecule has 0 aromatic rings. The quantitative estimate of drug-likeness (QED) is 0.754. The van der Waals surface area contributed by atoms with Gasteiger partial charge in [-0.3, -0.25) is 0 Å². The lowest BCUT2D eigenvalue weighted by atomic mass is 9.94. The summed E-state index contributed by atoms with van der Waals surface area (Å²) in [6, 6.07) is 1.07. The third-order valence-electron chi connectivity index (χ3n) is 4.14. The second kappa shape index (κ2) is 6.14. The number of hydrogen-bond acceptors (Lipinski definition) is 4. The Kier molecular flexibility index (Phi) is 4.79. The molecule has 4 atom stereocenters. The van der Waals surface area contributed by atoms with E-state index in [1.54, 1.807) is 0 Å². The molecule has 4 unspecified atom stereocenters. The van der Waals surface area contributed by atoms with Gasteiger partial charge < -0.3 is 20.1 Å². The summed E-state index contributed by atoms with van der Waals surface area (Å²) in [5.41, 5.74) is 0. The fraction of sp³-hybridized carbons (Fsp3) is 1.00. The van der Waals surface area contributed by atoms with E-state index in [9.17, 15) is 5.11 Å². The predicted molar refractivity (Wildman–Crippen MR) is 68.0 cm³/mol. The average Bonchev–Trinajstić information content (AvgIpc) is 2.34. The Morgan fingerprint density at radius 3 is 3.00 bits per heavy atom. The molecule has 2 aliphatic heterocycles. The Bertz CT molecular complexity index is 231. The van der Waals surface area contributed by atoms with E-state index in [4.69, 9.17) is 4.74 Å². The smallest absolute Gasteiger partial charge is 0.0620 e. The topological polar surface area (TPSA) is 44.7 Å². The van der Waals surface area contributed by atoms with Crippen LogP contribution in [-0.4, -0.2) is 61.0 Å². The highest BCUT2D eigenvalue weighted by atomic mass is 16.5. The molecule has 100 valence electrons. The molecule has 2 rings (SSSR count). The van der Waals surface area contributed by atoms with Crippen LogP contribution in [-0.2, 0) is 4.74 Å². The van der Waals surface area contributed by atoms with Crippen molar-refractivity contribution in [2.24, 2.45) is 5.92 Å². The van der Waals surface area contributed by atoms with Crippen molar-refractivity contribution in [3.63, 3.8) is 0 Å². The van der Waals surface area contributed by atoms with E-state index in [1.807, 2.05) is 0 Å². The van der Waals surface area contributed by atoms with Crippen LogP contribution in [0, 0.1) is 5.92 Å². The number of aliphatic hydroxyl groups is 1. The Hall–Kier alpha value is -0.160. The molecule has 17 heavy (non-hydrogen) atoms. The van der Waals surface area contributed by atoms with Gasteiger partial charge in [-0.25, -0.2) is 0 Å². The van der Waals surface area contributed by atoms with E-state index >= 15 is 0 Å². The summed E-state index contributed by atoms with van der Waals surface area (Å²) >= 11 is 0. The summed E-state index contributed by atoms with van der Waals surface area (Å²) in [5.74, 6) is 0.404. The molecule has 2 heterocycles.